The van der Waals surface area contributed by atoms with Gasteiger partial charge in [0.2, 0.25) is 5.91 Å². The van der Waals surface area contributed by atoms with Crippen LogP contribution in [0.2, 0.25) is 0 Å². The zero-order valence-corrected chi connectivity index (χ0v) is 16.7. The number of amides is 1. The Kier molecular flexibility index (Phi) is 6.13. The Morgan fingerprint density at radius 2 is 1.50 bits per heavy atom. The third-order valence-corrected chi connectivity index (χ3v) is 4.90. The molecule has 0 saturated carbocycles. The summed E-state index contributed by atoms with van der Waals surface area (Å²) in [6.07, 6.45) is 0.789. The fraction of sp³-hybridized carbons (Fsp3) is 0.381. The predicted molar refractivity (Wildman–Crippen MR) is 107 cm³/mol. The van der Waals surface area contributed by atoms with E-state index >= 15 is 0 Å². The van der Waals surface area contributed by atoms with Gasteiger partial charge in [-0.05, 0) is 41.8 Å². The smallest absolute Gasteiger partial charge is 0.242 e. The molecule has 2 aromatic rings. The fourth-order valence-corrected chi connectivity index (χ4v) is 3.33. The van der Waals surface area contributed by atoms with Crippen molar-refractivity contribution in [2.45, 2.75) is 13.0 Å². The van der Waals surface area contributed by atoms with E-state index in [0.717, 1.165) is 23.4 Å². The lowest BCUT2D eigenvalue weighted by molar-refractivity contribution is -0.130. The molecular weight excluding hydrogens is 360 g/mol. The maximum Gasteiger partial charge on any atom is 0.242 e. The van der Waals surface area contributed by atoms with Gasteiger partial charge in [-0.25, -0.2) is 0 Å². The van der Waals surface area contributed by atoms with Crippen LogP contribution in [0.25, 0.3) is 0 Å². The SMILES string of the molecule is COc1ccc(NCC(=O)N2CCc3cc(OC)c(OC)cc3C2)cc1OC. The third-order valence-electron chi connectivity index (χ3n) is 4.90. The van der Waals surface area contributed by atoms with Crippen molar-refractivity contribution in [3.8, 4) is 23.0 Å². The summed E-state index contributed by atoms with van der Waals surface area (Å²) in [5.74, 6) is 2.70. The van der Waals surface area contributed by atoms with Crippen LogP contribution in [0, 0.1) is 0 Å². The molecule has 0 unspecified atom stereocenters. The Labute approximate surface area is 165 Å². The zero-order chi connectivity index (χ0) is 20.1. The molecule has 0 aromatic heterocycles. The van der Waals surface area contributed by atoms with Gasteiger partial charge in [-0.1, -0.05) is 0 Å². The van der Waals surface area contributed by atoms with E-state index in [2.05, 4.69) is 5.32 Å². The second kappa shape index (κ2) is 8.73. The summed E-state index contributed by atoms with van der Waals surface area (Å²) in [6, 6.07) is 9.43. The Bertz CT molecular complexity index is 853. The summed E-state index contributed by atoms with van der Waals surface area (Å²) in [7, 11) is 6.42. The van der Waals surface area contributed by atoms with Gasteiger partial charge in [0, 0.05) is 24.8 Å². The first-order chi connectivity index (χ1) is 13.6. The summed E-state index contributed by atoms with van der Waals surface area (Å²) < 4.78 is 21.3. The first-order valence-corrected chi connectivity index (χ1v) is 9.07. The molecule has 0 atom stereocenters. The number of hydrogen-bond acceptors (Lipinski definition) is 6. The van der Waals surface area contributed by atoms with E-state index in [9.17, 15) is 4.79 Å². The summed E-state index contributed by atoms with van der Waals surface area (Å²) in [4.78, 5) is 14.5. The quantitative estimate of drug-likeness (QED) is 0.789. The molecule has 1 heterocycles. The highest BCUT2D eigenvalue weighted by Crippen LogP contribution is 2.33. The van der Waals surface area contributed by atoms with E-state index < -0.39 is 0 Å². The molecule has 28 heavy (non-hydrogen) atoms. The molecule has 1 aliphatic rings. The van der Waals surface area contributed by atoms with Crippen molar-refractivity contribution in [1.29, 1.82) is 0 Å². The number of carbonyl (C=O) groups is 1. The number of nitrogens with one attached hydrogen (secondary N) is 1. The minimum atomic E-state index is 0.0372. The standard InChI is InChI=1S/C21H26N2O5/c1-25-17-6-5-16(11-20(17)28-4)22-12-21(24)23-8-7-14-9-18(26-2)19(27-3)10-15(14)13-23/h5-6,9-11,22H,7-8,12-13H2,1-4H3. The molecule has 0 bridgehead atoms. The maximum atomic E-state index is 12.7. The largest absolute Gasteiger partial charge is 0.493 e. The number of methoxy groups -OCH3 is 4. The number of benzene rings is 2. The Balaban J connectivity index is 1.65. The molecule has 0 aliphatic carbocycles. The number of nitrogens with zero attached hydrogens (tertiary/aromatic N) is 1. The van der Waals surface area contributed by atoms with E-state index in [1.54, 1.807) is 28.4 Å². The van der Waals surface area contributed by atoms with Gasteiger partial charge in [0.15, 0.2) is 23.0 Å². The van der Waals surface area contributed by atoms with Gasteiger partial charge in [-0.3, -0.25) is 4.79 Å². The maximum absolute atomic E-state index is 12.7. The molecule has 2 aromatic carbocycles. The van der Waals surface area contributed by atoms with Gasteiger partial charge in [-0.15, -0.1) is 0 Å². The van der Waals surface area contributed by atoms with Crippen LogP contribution in [0.15, 0.2) is 30.3 Å². The summed E-state index contributed by atoms with van der Waals surface area (Å²) in [5.41, 5.74) is 3.08. The van der Waals surface area contributed by atoms with E-state index in [4.69, 9.17) is 18.9 Å². The lowest BCUT2D eigenvalue weighted by atomic mass is 9.98. The van der Waals surface area contributed by atoms with E-state index in [-0.39, 0.29) is 12.5 Å². The molecule has 150 valence electrons. The highest BCUT2D eigenvalue weighted by molar-refractivity contribution is 5.81. The van der Waals surface area contributed by atoms with Crippen molar-refractivity contribution >= 4 is 11.6 Å². The summed E-state index contributed by atoms with van der Waals surface area (Å²) in [6.45, 7) is 1.44. The molecule has 0 fully saturated rings. The van der Waals surface area contributed by atoms with Crippen molar-refractivity contribution in [2.75, 3.05) is 46.8 Å². The van der Waals surface area contributed by atoms with Crippen LogP contribution in [0.1, 0.15) is 11.1 Å². The van der Waals surface area contributed by atoms with Crippen LogP contribution < -0.4 is 24.3 Å². The topological polar surface area (TPSA) is 69.3 Å². The predicted octanol–water partition coefficient (Wildman–Crippen LogP) is 2.72. The van der Waals surface area contributed by atoms with Crippen LogP contribution in [-0.4, -0.2) is 52.3 Å². The molecule has 1 N–H and O–H groups in total. The Morgan fingerprint density at radius 1 is 0.893 bits per heavy atom. The van der Waals surface area contributed by atoms with Crippen molar-refractivity contribution in [3.63, 3.8) is 0 Å². The van der Waals surface area contributed by atoms with Gasteiger partial charge in [-0.2, -0.15) is 0 Å². The summed E-state index contributed by atoms with van der Waals surface area (Å²) >= 11 is 0. The normalized spacial score (nSPS) is 12.8. The van der Waals surface area contributed by atoms with Crippen LogP contribution in [0.3, 0.4) is 0 Å². The van der Waals surface area contributed by atoms with Gasteiger partial charge in [0.1, 0.15) is 0 Å². The lowest BCUT2D eigenvalue weighted by Gasteiger charge is -2.30. The molecular formula is C21H26N2O5. The Hall–Kier alpha value is -3.09. The molecule has 7 heteroatoms. The van der Waals surface area contributed by atoms with Crippen LogP contribution in [0.4, 0.5) is 5.69 Å². The van der Waals surface area contributed by atoms with E-state index in [0.29, 0.717) is 30.3 Å². The highest BCUT2D eigenvalue weighted by atomic mass is 16.5. The third kappa shape index (κ3) is 4.08. The van der Waals surface area contributed by atoms with Gasteiger partial charge < -0.3 is 29.2 Å². The number of rotatable bonds is 7. The second-order valence-electron chi connectivity index (χ2n) is 6.46. The van der Waals surface area contributed by atoms with Crippen LogP contribution >= 0.6 is 0 Å². The molecule has 0 radical (unpaired) electrons. The first-order valence-electron chi connectivity index (χ1n) is 9.07. The molecule has 3 rings (SSSR count). The average molecular weight is 386 g/mol. The molecule has 7 nitrogen and oxygen atoms in total. The number of carbonyl (C=O) groups excluding carboxylic acids is 1. The number of hydrogen-bond donors (Lipinski definition) is 1. The van der Waals surface area contributed by atoms with Gasteiger partial charge in [0.25, 0.3) is 0 Å². The number of fused-ring (bicyclic) bond motifs is 1. The number of anilines is 1. The van der Waals surface area contributed by atoms with E-state index in [1.165, 1.54) is 5.56 Å². The van der Waals surface area contributed by atoms with E-state index in [1.807, 2.05) is 35.2 Å². The van der Waals surface area contributed by atoms with Crippen molar-refractivity contribution < 1.29 is 23.7 Å². The second-order valence-corrected chi connectivity index (χ2v) is 6.46. The van der Waals surface area contributed by atoms with Crippen LogP contribution in [0.5, 0.6) is 23.0 Å². The molecule has 1 aliphatic heterocycles. The van der Waals surface area contributed by atoms with Crippen molar-refractivity contribution in [2.24, 2.45) is 0 Å². The molecule has 1 amide bonds. The lowest BCUT2D eigenvalue weighted by Crippen LogP contribution is -2.39. The average Bonchev–Trinajstić information content (AvgIpc) is 2.75. The van der Waals surface area contributed by atoms with Crippen LogP contribution in [-0.2, 0) is 17.8 Å². The minimum absolute atomic E-state index is 0.0372. The monoisotopic (exact) mass is 386 g/mol. The fourth-order valence-electron chi connectivity index (χ4n) is 3.33. The van der Waals surface area contributed by atoms with Crippen molar-refractivity contribution in [3.05, 3.63) is 41.5 Å². The van der Waals surface area contributed by atoms with Gasteiger partial charge >= 0.3 is 0 Å². The van der Waals surface area contributed by atoms with Crippen molar-refractivity contribution in [1.82, 2.24) is 4.90 Å². The minimum Gasteiger partial charge on any atom is -0.493 e. The zero-order valence-electron chi connectivity index (χ0n) is 16.7. The summed E-state index contributed by atoms with van der Waals surface area (Å²) in [5, 5.41) is 3.16. The Morgan fingerprint density at radius 3 is 2.14 bits per heavy atom. The molecule has 0 saturated heterocycles. The molecule has 0 spiro atoms. The highest BCUT2D eigenvalue weighted by Gasteiger charge is 2.22. The number of ether oxygens (including phenoxy) is 4. The van der Waals surface area contributed by atoms with Gasteiger partial charge in [0.05, 0.1) is 35.0 Å². The first kappa shape index (κ1) is 19.7.